The van der Waals surface area contributed by atoms with Crippen molar-refractivity contribution in [3.05, 3.63) is 63.9 Å². The highest BCUT2D eigenvalue weighted by atomic mass is 32.2. The molecular formula is C21H21FN4OS2. The van der Waals surface area contributed by atoms with Crippen molar-refractivity contribution in [2.24, 2.45) is 0 Å². The summed E-state index contributed by atoms with van der Waals surface area (Å²) < 4.78 is 15.6. The fourth-order valence-electron chi connectivity index (χ4n) is 3.30. The molecule has 0 bridgehead atoms. The molecule has 1 aromatic carbocycles. The summed E-state index contributed by atoms with van der Waals surface area (Å²) in [6.45, 7) is 0. The van der Waals surface area contributed by atoms with Crippen LogP contribution in [0.5, 0.6) is 0 Å². The summed E-state index contributed by atoms with van der Waals surface area (Å²) in [4.78, 5) is 14.2. The van der Waals surface area contributed by atoms with Crippen molar-refractivity contribution in [2.75, 3.05) is 0 Å². The molecule has 0 aliphatic heterocycles. The standard InChI is InChI=1S/C21H21FN4OS2/c22-14-5-3-13(4-6-14)19(20(27)23-15-7-8-15)29-21-25-24-18(26(21)16-9-10-16)12-17-2-1-11-28-17/h1-6,11,15-16,19H,7-10,12H2,(H,23,27). The van der Waals surface area contributed by atoms with Gasteiger partial charge in [0.1, 0.15) is 16.9 Å². The predicted octanol–water partition coefficient (Wildman–Crippen LogP) is 4.52. The number of hydrogen-bond donors (Lipinski definition) is 1. The molecule has 1 amide bonds. The molecule has 2 fully saturated rings. The Hall–Kier alpha value is -2.19. The van der Waals surface area contributed by atoms with Crippen molar-refractivity contribution in [1.82, 2.24) is 20.1 Å². The SMILES string of the molecule is O=C(NC1CC1)C(Sc1nnc(Cc2cccs2)n1C1CC1)c1ccc(F)cc1. The summed E-state index contributed by atoms with van der Waals surface area (Å²) in [7, 11) is 0. The minimum absolute atomic E-state index is 0.0470. The number of carbonyl (C=O) groups is 1. The van der Waals surface area contributed by atoms with Crippen molar-refractivity contribution in [3.63, 3.8) is 0 Å². The Morgan fingerprint density at radius 3 is 2.66 bits per heavy atom. The molecule has 0 saturated heterocycles. The van der Waals surface area contributed by atoms with Gasteiger partial charge in [0.2, 0.25) is 5.91 Å². The Bertz CT molecular complexity index is 994. The van der Waals surface area contributed by atoms with Crippen LogP contribution in [-0.4, -0.2) is 26.7 Å². The van der Waals surface area contributed by atoms with Gasteiger partial charge in [-0.1, -0.05) is 30.0 Å². The second-order valence-corrected chi connectivity index (χ2v) is 9.69. The molecule has 2 aromatic heterocycles. The summed E-state index contributed by atoms with van der Waals surface area (Å²) in [6, 6.07) is 11.0. The summed E-state index contributed by atoms with van der Waals surface area (Å²) in [5, 5.41) is 14.3. The van der Waals surface area contributed by atoms with E-state index in [1.54, 1.807) is 23.5 Å². The van der Waals surface area contributed by atoms with Crippen molar-refractivity contribution in [2.45, 2.75) is 54.6 Å². The summed E-state index contributed by atoms with van der Waals surface area (Å²) in [6.07, 6.45) is 5.01. The van der Waals surface area contributed by atoms with Crippen LogP contribution >= 0.6 is 23.1 Å². The summed E-state index contributed by atoms with van der Waals surface area (Å²) in [5.74, 6) is 0.589. The van der Waals surface area contributed by atoms with Gasteiger partial charge in [0.25, 0.3) is 0 Å². The Morgan fingerprint density at radius 1 is 1.21 bits per heavy atom. The van der Waals surface area contributed by atoms with Gasteiger partial charge in [-0.2, -0.15) is 0 Å². The highest BCUT2D eigenvalue weighted by Gasteiger charge is 2.34. The van der Waals surface area contributed by atoms with Crippen LogP contribution in [0, 0.1) is 5.82 Å². The number of halogens is 1. The maximum atomic E-state index is 13.4. The zero-order valence-electron chi connectivity index (χ0n) is 15.8. The van der Waals surface area contributed by atoms with E-state index in [0.717, 1.165) is 48.6 Å². The smallest absolute Gasteiger partial charge is 0.238 e. The van der Waals surface area contributed by atoms with Crippen molar-refractivity contribution in [1.29, 1.82) is 0 Å². The Balaban J connectivity index is 1.44. The fraction of sp³-hybridized carbons (Fsp3) is 0.381. The van der Waals surface area contributed by atoms with Gasteiger partial charge in [-0.05, 0) is 54.8 Å². The average molecular weight is 429 g/mol. The number of nitrogens with zero attached hydrogens (tertiary/aromatic N) is 3. The van der Waals surface area contributed by atoms with Gasteiger partial charge < -0.3 is 9.88 Å². The van der Waals surface area contributed by atoms with E-state index in [-0.39, 0.29) is 17.8 Å². The number of nitrogens with one attached hydrogen (secondary N) is 1. The molecule has 150 valence electrons. The van der Waals surface area contributed by atoms with Crippen molar-refractivity contribution in [3.8, 4) is 0 Å². The van der Waals surface area contributed by atoms with Crippen molar-refractivity contribution >= 4 is 29.0 Å². The Labute approximate surface area is 176 Å². The van der Waals surface area contributed by atoms with E-state index < -0.39 is 5.25 Å². The Kier molecular flexibility index (Phi) is 5.13. The minimum atomic E-state index is -0.479. The minimum Gasteiger partial charge on any atom is -0.352 e. The second kappa shape index (κ2) is 7.91. The highest BCUT2D eigenvalue weighted by molar-refractivity contribution is 8.00. The van der Waals surface area contributed by atoms with E-state index >= 15 is 0 Å². The quantitative estimate of drug-likeness (QED) is 0.536. The molecule has 1 unspecified atom stereocenters. The molecule has 0 spiro atoms. The number of benzene rings is 1. The molecule has 3 aromatic rings. The first-order chi connectivity index (χ1) is 14.2. The lowest BCUT2D eigenvalue weighted by Gasteiger charge is -2.17. The number of carbonyl (C=O) groups excluding carboxylic acids is 1. The molecule has 2 aliphatic rings. The summed E-state index contributed by atoms with van der Waals surface area (Å²) >= 11 is 3.12. The number of thiophene rings is 1. The van der Waals surface area contributed by atoms with E-state index in [9.17, 15) is 9.18 Å². The van der Waals surface area contributed by atoms with Gasteiger partial charge in [0.05, 0.1) is 0 Å². The average Bonchev–Trinajstić information content (AvgIpc) is 3.63. The molecule has 5 rings (SSSR count). The zero-order chi connectivity index (χ0) is 19.8. The molecule has 2 heterocycles. The molecule has 8 heteroatoms. The maximum absolute atomic E-state index is 13.4. The third-order valence-corrected chi connectivity index (χ3v) is 7.20. The van der Waals surface area contributed by atoms with Gasteiger partial charge in [0, 0.05) is 23.4 Å². The lowest BCUT2D eigenvalue weighted by atomic mass is 10.1. The van der Waals surface area contributed by atoms with Gasteiger partial charge in [-0.3, -0.25) is 4.79 Å². The molecule has 29 heavy (non-hydrogen) atoms. The van der Waals surface area contributed by atoms with Crippen LogP contribution in [0.4, 0.5) is 4.39 Å². The molecule has 0 radical (unpaired) electrons. The van der Waals surface area contributed by atoms with Gasteiger partial charge in [-0.25, -0.2) is 4.39 Å². The first-order valence-corrected chi connectivity index (χ1v) is 11.6. The monoisotopic (exact) mass is 428 g/mol. The van der Waals surface area contributed by atoms with E-state index in [1.807, 2.05) is 6.07 Å². The number of thioether (sulfide) groups is 1. The molecular weight excluding hydrogens is 407 g/mol. The first-order valence-electron chi connectivity index (χ1n) is 9.86. The van der Waals surface area contributed by atoms with E-state index in [2.05, 4.69) is 31.5 Å². The maximum Gasteiger partial charge on any atom is 0.238 e. The second-order valence-electron chi connectivity index (χ2n) is 7.59. The van der Waals surface area contributed by atoms with Gasteiger partial charge in [-0.15, -0.1) is 21.5 Å². The highest BCUT2D eigenvalue weighted by Crippen LogP contribution is 2.43. The normalized spacial score (nSPS) is 17.3. The van der Waals surface area contributed by atoms with Crippen LogP contribution in [0.3, 0.4) is 0 Å². The number of aromatic nitrogens is 3. The molecule has 2 aliphatic carbocycles. The number of rotatable bonds is 8. The first kappa shape index (κ1) is 18.8. The largest absolute Gasteiger partial charge is 0.352 e. The third kappa shape index (κ3) is 4.38. The van der Waals surface area contributed by atoms with Gasteiger partial charge in [0.15, 0.2) is 5.16 Å². The van der Waals surface area contributed by atoms with E-state index in [1.165, 1.54) is 28.8 Å². The molecule has 5 nitrogen and oxygen atoms in total. The lowest BCUT2D eigenvalue weighted by Crippen LogP contribution is -2.30. The third-order valence-electron chi connectivity index (χ3n) is 5.12. The summed E-state index contributed by atoms with van der Waals surface area (Å²) in [5.41, 5.74) is 0.778. The lowest BCUT2D eigenvalue weighted by molar-refractivity contribution is -0.120. The van der Waals surface area contributed by atoms with Crippen LogP contribution in [-0.2, 0) is 11.2 Å². The Morgan fingerprint density at radius 2 is 2.00 bits per heavy atom. The number of amides is 1. The van der Waals surface area contributed by atoms with Gasteiger partial charge >= 0.3 is 0 Å². The molecule has 1 atom stereocenters. The van der Waals surface area contributed by atoms with Crippen LogP contribution in [0.25, 0.3) is 0 Å². The molecule has 2 saturated carbocycles. The zero-order valence-corrected chi connectivity index (χ0v) is 17.4. The van der Waals surface area contributed by atoms with Crippen LogP contribution in [0.15, 0.2) is 46.9 Å². The van der Waals surface area contributed by atoms with E-state index in [4.69, 9.17) is 0 Å². The topological polar surface area (TPSA) is 59.8 Å². The molecule has 1 N–H and O–H groups in total. The predicted molar refractivity (Wildman–Crippen MR) is 112 cm³/mol. The van der Waals surface area contributed by atoms with Crippen LogP contribution in [0.2, 0.25) is 0 Å². The van der Waals surface area contributed by atoms with Crippen LogP contribution < -0.4 is 5.32 Å². The fourth-order valence-corrected chi connectivity index (χ4v) is 5.13. The number of hydrogen-bond acceptors (Lipinski definition) is 5. The van der Waals surface area contributed by atoms with Crippen molar-refractivity contribution < 1.29 is 9.18 Å². The van der Waals surface area contributed by atoms with E-state index in [0.29, 0.717) is 6.04 Å². The van der Waals surface area contributed by atoms with Crippen LogP contribution in [0.1, 0.15) is 53.2 Å².